The number of carbonyl (C=O) groups is 2. The van der Waals surface area contributed by atoms with E-state index in [1.54, 1.807) is 6.92 Å². The summed E-state index contributed by atoms with van der Waals surface area (Å²) in [6.07, 6.45) is 1.39. The quantitative estimate of drug-likeness (QED) is 0.905. The van der Waals surface area contributed by atoms with Crippen molar-refractivity contribution in [3.8, 4) is 0 Å². The number of carbonyl (C=O) groups excluding carboxylic acids is 1. The SMILES string of the molecule is Cc1nc2c(Cl)cc(Cl)cn2c1C(=O)NCCC(=O)O. The second-order valence-electron chi connectivity index (χ2n) is 4.15. The number of halogens is 2. The topological polar surface area (TPSA) is 83.7 Å². The maximum absolute atomic E-state index is 12.1. The number of carboxylic acids is 1. The molecule has 0 spiro atoms. The first-order valence-corrected chi connectivity index (χ1v) is 6.49. The lowest BCUT2D eigenvalue weighted by Crippen LogP contribution is -2.27. The monoisotopic (exact) mass is 315 g/mol. The van der Waals surface area contributed by atoms with Gasteiger partial charge in [-0.1, -0.05) is 23.2 Å². The highest BCUT2D eigenvalue weighted by Crippen LogP contribution is 2.24. The van der Waals surface area contributed by atoms with Crippen LogP contribution in [0.4, 0.5) is 0 Å². The van der Waals surface area contributed by atoms with E-state index in [4.69, 9.17) is 28.3 Å². The summed E-state index contributed by atoms with van der Waals surface area (Å²) in [5.41, 5.74) is 1.20. The number of carboxylic acid groups (broad SMARTS) is 1. The first-order valence-electron chi connectivity index (χ1n) is 5.74. The maximum Gasteiger partial charge on any atom is 0.305 e. The zero-order chi connectivity index (χ0) is 14.9. The number of nitrogens with one attached hydrogen (secondary N) is 1. The minimum atomic E-state index is -0.980. The van der Waals surface area contributed by atoms with Crippen LogP contribution in [0.25, 0.3) is 5.65 Å². The van der Waals surface area contributed by atoms with Crippen molar-refractivity contribution < 1.29 is 14.7 Å². The fourth-order valence-electron chi connectivity index (χ4n) is 1.83. The highest BCUT2D eigenvalue weighted by molar-refractivity contribution is 6.36. The van der Waals surface area contributed by atoms with E-state index >= 15 is 0 Å². The van der Waals surface area contributed by atoms with Gasteiger partial charge in [-0.15, -0.1) is 0 Å². The number of aryl methyl sites for hydroxylation is 1. The molecular weight excluding hydrogens is 305 g/mol. The van der Waals surface area contributed by atoms with Crippen LogP contribution in [-0.2, 0) is 4.79 Å². The molecule has 2 rings (SSSR count). The van der Waals surface area contributed by atoms with Gasteiger partial charge in [-0.3, -0.25) is 14.0 Å². The van der Waals surface area contributed by atoms with Gasteiger partial charge in [-0.2, -0.15) is 0 Å². The minimum Gasteiger partial charge on any atom is -0.481 e. The first kappa shape index (κ1) is 14.6. The number of amides is 1. The van der Waals surface area contributed by atoms with Gasteiger partial charge in [0.2, 0.25) is 0 Å². The Morgan fingerprint density at radius 1 is 1.45 bits per heavy atom. The molecule has 2 aromatic heterocycles. The lowest BCUT2D eigenvalue weighted by atomic mass is 10.3. The van der Waals surface area contributed by atoms with E-state index in [-0.39, 0.29) is 18.7 Å². The van der Waals surface area contributed by atoms with Gasteiger partial charge < -0.3 is 10.4 Å². The molecule has 0 saturated heterocycles. The molecule has 106 valence electrons. The molecule has 0 fully saturated rings. The molecule has 0 aliphatic rings. The second-order valence-corrected chi connectivity index (χ2v) is 4.99. The van der Waals surface area contributed by atoms with E-state index < -0.39 is 11.9 Å². The number of imidazole rings is 1. The maximum atomic E-state index is 12.1. The second kappa shape index (κ2) is 5.68. The van der Waals surface area contributed by atoms with Crippen LogP contribution in [-0.4, -0.2) is 32.9 Å². The summed E-state index contributed by atoms with van der Waals surface area (Å²) < 4.78 is 1.50. The van der Waals surface area contributed by atoms with Gasteiger partial charge in [0, 0.05) is 12.7 Å². The fourth-order valence-corrected chi connectivity index (χ4v) is 2.34. The van der Waals surface area contributed by atoms with E-state index in [9.17, 15) is 9.59 Å². The molecule has 2 heterocycles. The van der Waals surface area contributed by atoms with Crippen molar-refractivity contribution in [2.45, 2.75) is 13.3 Å². The van der Waals surface area contributed by atoms with Crippen molar-refractivity contribution in [2.75, 3.05) is 6.54 Å². The third kappa shape index (κ3) is 2.86. The number of pyridine rings is 1. The third-order valence-corrected chi connectivity index (χ3v) is 3.14. The predicted octanol–water partition coefficient (Wildman–Crippen LogP) is 2.15. The van der Waals surface area contributed by atoms with Gasteiger partial charge in [-0.25, -0.2) is 4.98 Å². The van der Waals surface area contributed by atoms with Crippen molar-refractivity contribution in [1.29, 1.82) is 0 Å². The lowest BCUT2D eigenvalue weighted by molar-refractivity contribution is -0.136. The van der Waals surface area contributed by atoms with Crippen molar-refractivity contribution in [2.24, 2.45) is 0 Å². The highest BCUT2D eigenvalue weighted by atomic mass is 35.5. The molecule has 0 aliphatic carbocycles. The van der Waals surface area contributed by atoms with Gasteiger partial charge in [0.1, 0.15) is 5.69 Å². The molecule has 8 heteroatoms. The van der Waals surface area contributed by atoms with Gasteiger partial charge in [0.25, 0.3) is 5.91 Å². The molecule has 20 heavy (non-hydrogen) atoms. The highest BCUT2D eigenvalue weighted by Gasteiger charge is 2.18. The Balaban J connectivity index is 2.36. The van der Waals surface area contributed by atoms with E-state index in [2.05, 4.69) is 10.3 Å². The smallest absolute Gasteiger partial charge is 0.305 e. The Kier molecular flexibility index (Phi) is 4.15. The number of nitrogens with zero attached hydrogens (tertiary/aromatic N) is 2. The van der Waals surface area contributed by atoms with Crippen molar-refractivity contribution in [1.82, 2.24) is 14.7 Å². The van der Waals surface area contributed by atoms with Crippen molar-refractivity contribution in [3.05, 3.63) is 33.7 Å². The van der Waals surface area contributed by atoms with Gasteiger partial charge in [-0.05, 0) is 13.0 Å². The Labute approximate surface area is 124 Å². The molecule has 0 bridgehead atoms. The lowest BCUT2D eigenvalue weighted by Gasteiger charge is -2.05. The average molecular weight is 316 g/mol. The molecule has 0 radical (unpaired) electrons. The molecule has 1 amide bonds. The number of hydrogen-bond acceptors (Lipinski definition) is 3. The van der Waals surface area contributed by atoms with Gasteiger partial charge in [0.05, 0.1) is 22.2 Å². The Hall–Kier alpha value is -1.79. The van der Waals surface area contributed by atoms with Crippen molar-refractivity contribution in [3.63, 3.8) is 0 Å². The largest absolute Gasteiger partial charge is 0.481 e. The first-order chi connectivity index (χ1) is 9.40. The van der Waals surface area contributed by atoms with E-state index in [0.29, 0.717) is 21.4 Å². The standard InChI is InChI=1S/C12H11Cl2N3O3/c1-6-10(12(20)15-3-2-9(18)19)17-5-7(13)4-8(14)11(17)16-6/h4-5H,2-3H2,1H3,(H,15,20)(H,18,19). The van der Waals surface area contributed by atoms with Crippen molar-refractivity contribution >= 4 is 40.7 Å². The van der Waals surface area contributed by atoms with Crippen LogP contribution in [0.15, 0.2) is 12.3 Å². The van der Waals surface area contributed by atoms with E-state index in [1.165, 1.54) is 16.7 Å². The molecule has 0 unspecified atom stereocenters. The molecule has 0 aliphatic heterocycles. The Morgan fingerprint density at radius 3 is 2.80 bits per heavy atom. The van der Waals surface area contributed by atoms with Crippen LogP contribution in [0.3, 0.4) is 0 Å². The summed E-state index contributed by atoms with van der Waals surface area (Å²) >= 11 is 11.9. The normalized spacial score (nSPS) is 10.8. The predicted molar refractivity (Wildman–Crippen MR) is 74.5 cm³/mol. The molecule has 0 saturated carbocycles. The summed E-state index contributed by atoms with van der Waals surface area (Å²) in [4.78, 5) is 26.7. The van der Waals surface area contributed by atoms with Gasteiger partial charge >= 0.3 is 5.97 Å². The summed E-state index contributed by atoms with van der Waals surface area (Å²) in [5.74, 6) is -1.40. The Bertz CT molecular complexity index is 697. The minimum absolute atomic E-state index is 0.0368. The summed E-state index contributed by atoms with van der Waals surface area (Å²) in [5, 5.41) is 11.8. The Morgan fingerprint density at radius 2 is 2.15 bits per heavy atom. The summed E-state index contributed by atoms with van der Waals surface area (Å²) in [7, 11) is 0. The molecule has 2 aromatic rings. The average Bonchev–Trinajstić information content (AvgIpc) is 2.65. The zero-order valence-electron chi connectivity index (χ0n) is 10.5. The van der Waals surface area contributed by atoms with Crippen LogP contribution in [0.2, 0.25) is 10.0 Å². The summed E-state index contributed by atoms with van der Waals surface area (Å²) in [6.45, 7) is 1.71. The third-order valence-electron chi connectivity index (χ3n) is 2.66. The molecular formula is C12H11Cl2N3O3. The summed E-state index contributed by atoms with van der Waals surface area (Å²) in [6, 6.07) is 1.54. The molecule has 0 atom stereocenters. The number of hydrogen-bond donors (Lipinski definition) is 2. The molecule has 0 aromatic carbocycles. The number of aromatic nitrogens is 2. The van der Waals surface area contributed by atoms with Crippen LogP contribution in [0.1, 0.15) is 22.6 Å². The number of rotatable bonds is 4. The molecule has 6 nitrogen and oxygen atoms in total. The number of fused-ring (bicyclic) bond motifs is 1. The van der Waals surface area contributed by atoms with Crippen LogP contribution in [0.5, 0.6) is 0 Å². The van der Waals surface area contributed by atoms with Crippen LogP contribution in [0, 0.1) is 6.92 Å². The zero-order valence-corrected chi connectivity index (χ0v) is 12.0. The van der Waals surface area contributed by atoms with Crippen LogP contribution >= 0.6 is 23.2 Å². The van der Waals surface area contributed by atoms with Gasteiger partial charge in [0.15, 0.2) is 5.65 Å². The number of aliphatic carboxylic acids is 1. The van der Waals surface area contributed by atoms with E-state index in [1.807, 2.05) is 0 Å². The van der Waals surface area contributed by atoms with E-state index in [0.717, 1.165) is 0 Å². The van der Waals surface area contributed by atoms with Crippen LogP contribution < -0.4 is 5.32 Å². The molecule has 2 N–H and O–H groups in total. The fraction of sp³-hybridized carbons (Fsp3) is 0.250.